The molecule has 1 aliphatic heterocycles. The van der Waals surface area contributed by atoms with Crippen molar-refractivity contribution in [2.75, 3.05) is 20.2 Å². The van der Waals surface area contributed by atoms with Gasteiger partial charge in [-0.2, -0.15) is 0 Å². The lowest BCUT2D eigenvalue weighted by molar-refractivity contribution is -0.000215. The van der Waals surface area contributed by atoms with Gasteiger partial charge in [0, 0.05) is 25.9 Å². The monoisotopic (exact) mass is 294 g/mol. The molecule has 1 unspecified atom stereocenters. The number of nitrogens with one attached hydrogen (secondary N) is 1. The number of aromatic nitrogens is 1. The van der Waals surface area contributed by atoms with Gasteiger partial charge in [0.15, 0.2) is 0 Å². The number of hydrogen-bond acceptors (Lipinski definition) is 3. The lowest BCUT2D eigenvalue weighted by Crippen LogP contribution is -2.37. The number of aromatic carboxylic acids is 1. The van der Waals surface area contributed by atoms with Gasteiger partial charge in [-0.1, -0.05) is 0 Å². The predicted octanol–water partition coefficient (Wildman–Crippen LogP) is 1.97. The van der Waals surface area contributed by atoms with E-state index in [1.165, 1.54) is 0 Å². The average molecular weight is 294 g/mol. The maximum atomic E-state index is 12.6. The van der Waals surface area contributed by atoms with Gasteiger partial charge >= 0.3 is 5.97 Å². The van der Waals surface area contributed by atoms with Crippen LogP contribution in [0.5, 0.6) is 0 Å². The Bertz CT molecular complexity index is 544. The second-order valence-corrected chi connectivity index (χ2v) is 5.60. The normalized spacial score (nSPS) is 18.5. The van der Waals surface area contributed by atoms with Gasteiger partial charge in [0.1, 0.15) is 5.69 Å². The topological polar surface area (TPSA) is 82.6 Å². The number of amides is 1. The molecule has 2 N–H and O–H groups in total. The van der Waals surface area contributed by atoms with Crippen LogP contribution in [0.25, 0.3) is 0 Å². The lowest BCUT2D eigenvalue weighted by atomic mass is 10.1. The molecule has 0 bridgehead atoms. The maximum absolute atomic E-state index is 12.6. The van der Waals surface area contributed by atoms with Gasteiger partial charge in [0.2, 0.25) is 0 Å². The minimum absolute atomic E-state index is 0.0752. The Morgan fingerprint density at radius 2 is 2.10 bits per heavy atom. The zero-order valence-electron chi connectivity index (χ0n) is 12.7. The summed E-state index contributed by atoms with van der Waals surface area (Å²) in [5.41, 5.74) is 1.61. The van der Waals surface area contributed by atoms with Gasteiger partial charge < -0.3 is 19.7 Å². The Balaban J connectivity index is 2.13. The molecule has 0 spiro atoms. The van der Waals surface area contributed by atoms with E-state index in [2.05, 4.69) is 4.98 Å². The number of aromatic amines is 1. The van der Waals surface area contributed by atoms with Crippen LogP contribution in [0.15, 0.2) is 0 Å². The summed E-state index contributed by atoms with van der Waals surface area (Å²) in [7, 11) is 1.73. The number of H-pyrrole nitrogens is 1. The van der Waals surface area contributed by atoms with Crippen LogP contribution in [0.2, 0.25) is 0 Å². The molecular formula is C15H22N2O4. The van der Waals surface area contributed by atoms with Crippen LogP contribution in [-0.2, 0) is 4.74 Å². The highest BCUT2D eigenvalue weighted by molar-refractivity contribution is 6.00. The molecule has 1 saturated heterocycles. The number of nitrogens with zero attached hydrogens (tertiary/aromatic N) is 1. The molecular weight excluding hydrogens is 272 g/mol. The minimum atomic E-state index is -1.05. The third-order valence-electron chi connectivity index (χ3n) is 3.96. The van der Waals surface area contributed by atoms with E-state index < -0.39 is 5.97 Å². The Morgan fingerprint density at radius 1 is 1.38 bits per heavy atom. The van der Waals surface area contributed by atoms with E-state index >= 15 is 0 Å². The van der Waals surface area contributed by atoms with E-state index in [-0.39, 0.29) is 17.7 Å². The van der Waals surface area contributed by atoms with Crippen molar-refractivity contribution in [2.45, 2.75) is 39.2 Å². The number of likely N-dealkylation sites (N-methyl/N-ethyl adjacent to an activating group) is 1. The predicted molar refractivity (Wildman–Crippen MR) is 77.8 cm³/mol. The SMILES string of the molecule is Cc1[nH]c(C(=O)O)c(C)c1C(=O)N(C)CC1CCCCO1. The summed E-state index contributed by atoms with van der Waals surface area (Å²) in [6, 6.07) is 0. The highest BCUT2D eigenvalue weighted by Gasteiger charge is 2.25. The van der Waals surface area contributed by atoms with E-state index in [1.54, 1.807) is 25.8 Å². The number of rotatable bonds is 4. The summed E-state index contributed by atoms with van der Waals surface area (Å²) in [5, 5.41) is 9.11. The molecule has 1 aliphatic rings. The number of ether oxygens (including phenoxy) is 1. The van der Waals surface area contributed by atoms with Crippen molar-refractivity contribution in [1.29, 1.82) is 0 Å². The first kappa shape index (κ1) is 15.6. The van der Waals surface area contributed by atoms with Crippen molar-refractivity contribution < 1.29 is 19.4 Å². The number of hydrogen-bond donors (Lipinski definition) is 2. The smallest absolute Gasteiger partial charge is 0.352 e. The summed E-state index contributed by atoms with van der Waals surface area (Å²) in [6.07, 6.45) is 3.24. The van der Waals surface area contributed by atoms with E-state index in [1.807, 2.05) is 0 Å². The van der Waals surface area contributed by atoms with Crippen molar-refractivity contribution in [2.24, 2.45) is 0 Å². The van der Waals surface area contributed by atoms with E-state index in [0.29, 0.717) is 23.4 Å². The van der Waals surface area contributed by atoms with Crippen LogP contribution in [0.3, 0.4) is 0 Å². The molecule has 1 atom stereocenters. The molecule has 1 amide bonds. The number of carbonyl (C=O) groups is 2. The Hall–Kier alpha value is -1.82. The fourth-order valence-corrected chi connectivity index (χ4v) is 2.82. The number of carboxylic acid groups (broad SMARTS) is 1. The Kier molecular flexibility index (Phi) is 4.67. The van der Waals surface area contributed by atoms with Crippen LogP contribution < -0.4 is 0 Å². The van der Waals surface area contributed by atoms with Crippen molar-refractivity contribution >= 4 is 11.9 Å². The molecule has 0 aromatic carbocycles. The van der Waals surface area contributed by atoms with Crippen LogP contribution in [0.4, 0.5) is 0 Å². The van der Waals surface area contributed by atoms with Gasteiger partial charge in [0.05, 0.1) is 11.7 Å². The van der Waals surface area contributed by atoms with Crippen molar-refractivity contribution in [1.82, 2.24) is 9.88 Å². The molecule has 6 heteroatoms. The second kappa shape index (κ2) is 6.30. The molecule has 2 rings (SSSR count). The van der Waals surface area contributed by atoms with Crippen LogP contribution in [-0.4, -0.2) is 53.2 Å². The Labute approximate surface area is 124 Å². The molecule has 0 saturated carbocycles. The molecule has 6 nitrogen and oxygen atoms in total. The van der Waals surface area contributed by atoms with Gasteiger partial charge in [-0.25, -0.2) is 4.79 Å². The maximum Gasteiger partial charge on any atom is 0.352 e. The number of aryl methyl sites for hydroxylation is 1. The second-order valence-electron chi connectivity index (χ2n) is 5.60. The quantitative estimate of drug-likeness (QED) is 0.889. The van der Waals surface area contributed by atoms with E-state index in [0.717, 1.165) is 25.9 Å². The third-order valence-corrected chi connectivity index (χ3v) is 3.96. The molecule has 2 heterocycles. The zero-order chi connectivity index (χ0) is 15.6. The van der Waals surface area contributed by atoms with Crippen LogP contribution in [0.1, 0.15) is 51.4 Å². The highest BCUT2D eigenvalue weighted by atomic mass is 16.5. The molecule has 1 aromatic heterocycles. The fourth-order valence-electron chi connectivity index (χ4n) is 2.82. The van der Waals surface area contributed by atoms with Crippen LogP contribution in [0, 0.1) is 13.8 Å². The molecule has 116 valence electrons. The molecule has 1 fully saturated rings. The number of carbonyl (C=O) groups excluding carboxylic acids is 1. The minimum Gasteiger partial charge on any atom is -0.477 e. The first-order chi connectivity index (χ1) is 9.91. The summed E-state index contributed by atoms with van der Waals surface area (Å²) < 4.78 is 5.64. The zero-order valence-corrected chi connectivity index (χ0v) is 12.7. The summed E-state index contributed by atoms with van der Waals surface area (Å²) in [5.74, 6) is -1.21. The van der Waals surface area contributed by atoms with Crippen molar-refractivity contribution in [3.05, 3.63) is 22.5 Å². The van der Waals surface area contributed by atoms with Gasteiger partial charge in [-0.3, -0.25) is 4.79 Å². The molecule has 21 heavy (non-hydrogen) atoms. The van der Waals surface area contributed by atoms with E-state index in [9.17, 15) is 9.59 Å². The fraction of sp³-hybridized carbons (Fsp3) is 0.600. The van der Waals surface area contributed by atoms with Crippen molar-refractivity contribution in [3.63, 3.8) is 0 Å². The summed E-state index contributed by atoms with van der Waals surface area (Å²) >= 11 is 0. The Morgan fingerprint density at radius 3 is 2.62 bits per heavy atom. The first-order valence-electron chi connectivity index (χ1n) is 7.21. The largest absolute Gasteiger partial charge is 0.477 e. The van der Waals surface area contributed by atoms with Gasteiger partial charge in [-0.05, 0) is 38.7 Å². The average Bonchev–Trinajstić information content (AvgIpc) is 2.74. The lowest BCUT2D eigenvalue weighted by Gasteiger charge is -2.27. The van der Waals surface area contributed by atoms with Crippen LogP contribution >= 0.6 is 0 Å². The van der Waals surface area contributed by atoms with Crippen molar-refractivity contribution in [3.8, 4) is 0 Å². The third kappa shape index (κ3) is 3.26. The standard InChI is InChI=1S/C15H22N2O4/c1-9-12(10(2)16-13(9)15(19)20)14(18)17(3)8-11-6-4-5-7-21-11/h11,16H,4-8H2,1-3H3,(H,19,20). The van der Waals surface area contributed by atoms with E-state index in [4.69, 9.17) is 9.84 Å². The summed E-state index contributed by atoms with van der Waals surface area (Å²) in [6.45, 7) is 4.66. The first-order valence-corrected chi connectivity index (χ1v) is 7.21. The van der Waals surface area contributed by atoms with Gasteiger partial charge in [0.25, 0.3) is 5.91 Å². The molecule has 0 aliphatic carbocycles. The highest BCUT2D eigenvalue weighted by Crippen LogP contribution is 2.21. The number of carboxylic acids is 1. The summed E-state index contributed by atoms with van der Waals surface area (Å²) in [4.78, 5) is 28.1. The van der Waals surface area contributed by atoms with Gasteiger partial charge in [-0.15, -0.1) is 0 Å². The molecule has 0 radical (unpaired) electrons. The molecule has 1 aromatic rings.